The van der Waals surface area contributed by atoms with Crippen LogP contribution >= 0.6 is 0 Å². The van der Waals surface area contributed by atoms with Crippen LogP contribution in [0.2, 0.25) is 0 Å². The first-order chi connectivity index (χ1) is 11.4. The average molecular weight is 328 g/mol. The van der Waals surface area contributed by atoms with E-state index in [1.807, 2.05) is 31.2 Å². The fraction of sp³-hybridized carbons (Fsp3) is 0.333. The van der Waals surface area contributed by atoms with Crippen LogP contribution in [0.15, 0.2) is 33.9 Å². The smallest absolute Gasteiger partial charge is 0.331 e. The molecule has 1 aliphatic rings. The Balaban J connectivity index is 2.22. The van der Waals surface area contributed by atoms with Gasteiger partial charge >= 0.3 is 5.69 Å². The maximum atomic E-state index is 12.5. The molecule has 0 spiro atoms. The number of methoxy groups -OCH3 is 1. The van der Waals surface area contributed by atoms with Crippen LogP contribution < -0.4 is 20.7 Å². The number of hydrogen-bond donors (Lipinski definition) is 0. The molecule has 0 fully saturated rings. The van der Waals surface area contributed by atoms with Crippen molar-refractivity contribution in [2.24, 2.45) is 14.1 Å². The monoisotopic (exact) mass is 328 g/mol. The Morgan fingerprint density at radius 1 is 1.12 bits per heavy atom. The molecule has 0 unspecified atom stereocenters. The van der Waals surface area contributed by atoms with Gasteiger partial charge in [-0.3, -0.25) is 13.9 Å². The third-order valence-corrected chi connectivity index (χ3v) is 4.41. The van der Waals surface area contributed by atoms with Crippen molar-refractivity contribution in [1.29, 1.82) is 0 Å². The Labute approximate surface area is 139 Å². The standard InChI is InChI=1S/C18H20N2O4/c1-11-5-6-12-7-8-14(23-4)9-13(12)10-24-16-15(11)19(2)18(22)20(3)17(16)21/h5,7-9H,6,10H2,1-4H3/b11-5-. The van der Waals surface area contributed by atoms with Gasteiger partial charge in [0.05, 0.1) is 12.8 Å². The van der Waals surface area contributed by atoms with Crippen molar-refractivity contribution in [1.82, 2.24) is 9.13 Å². The summed E-state index contributed by atoms with van der Waals surface area (Å²) in [5.74, 6) is 0.940. The summed E-state index contributed by atoms with van der Waals surface area (Å²) in [5.41, 5.74) is 2.64. The van der Waals surface area contributed by atoms with Gasteiger partial charge < -0.3 is 9.47 Å². The van der Waals surface area contributed by atoms with Crippen molar-refractivity contribution in [3.8, 4) is 11.5 Å². The van der Waals surface area contributed by atoms with E-state index in [4.69, 9.17) is 9.47 Å². The molecule has 0 saturated heterocycles. The quantitative estimate of drug-likeness (QED) is 0.798. The molecule has 3 rings (SSSR count). The zero-order chi connectivity index (χ0) is 17.4. The second-order valence-electron chi connectivity index (χ2n) is 5.90. The Kier molecular flexibility index (Phi) is 4.05. The summed E-state index contributed by atoms with van der Waals surface area (Å²) in [6, 6.07) is 5.81. The Morgan fingerprint density at radius 3 is 2.58 bits per heavy atom. The molecule has 1 aromatic carbocycles. The van der Waals surface area contributed by atoms with E-state index in [0.717, 1.165) is 27.0 Å². The lowest BCUT2D eigenvalue weighted by molar-refractivity contribution is 0.292. The molecule has 6 heteroatoms. The van der Waals surface area contributed by atoms with E-state index in [1.165, 1.54) is 11.6 Å². The van der Waals surface area contributed by atoms with Crippen LogP contribution in [0, 0.1) is 0 Å². The Hall–Kier alpha value is -2.76. The van der Waals surface area contributed by atoms with Crippen LogP contribution in [0.1, 0.15) is 23.7 Å². The summed E-state index contributed by atoms with van der Waals surface area (Å²) in [6.07, 6.45) is 2.70. The molecule has 0 aliphatic carbocycles. The van der Waals surface area contributed by atoms with Gasteiger partial charge in [0.1, 0.15) is 12.4 Å². The van der Waals surface area contributed by atoms with Crippen LogP contribution in [0.25, 0.3) is 5.57 Å². The van der Waals surface area contributed by atoms with Gasteiger partial charge in [-0.25, -0.2) is 4.79 Å². The molecule has 0 saturated carbocycles. The van der Waals surface area contributed by atoms with Gasteiger partial charge in [0.25, 0.3) is 5.56 Å². The number of fused-ring (bicyclic) bond motifs is 2. The van der Waals surface area contributed by atoms with Crippen LogP contribution in [0.3, 0.4) is 0 Å². The normalized spacial score (nSPS) is 15.8. The van der Waals surface area contributed by atoms with E-state index in [0.29, 0.717) is 12.1 Å². The molecule has 2 aromatic rings. The van der Waals surface area contributed by atoms with Crippen LogP contribution in [0.4, 0.5) is 0 Å². The molecule has 1 aromatic heterocycles. The molecule has 0 atom stereocenters. The number of benzene rings is 1. The van der Waals surface area contributed by atoms with Crippen molar-refractivity contribution >= 4 is 5.57 Å². The maximum absolute atomic E-state index is 12.5. The molecular weight excluding hydrogens is 308 g/mol. The maximum Gasteiger partial charge on any atom is 0.331 e. The van der Waals surface area contributed by atoms with Crippen molar-refractivity contribution in [3.05, 3.63) is 61.9 Å². The second-order valence-corrected chi connectivity index (χ2v) is 5.90. The lowest BCUT2D eigenvalue weighted by Crippen LogP contribution is -2.39. The first kappa shape index (κ1) is 16.1. The van der Waals surface area contributed by atoms with Gasteiger partial charge in [-0.15, -0.1) is 0 Å². The van der Waals surface area contributed by atoms with E-state index in [2.05, 4.69) is 0 Å². The Morgan fingerprint density at radius 2 is 1.88 bits per heavy atom. The Bertz CT molecular complexity index is 951. The highest BCUT2D eigenvalue weighted by Crippen LogP contribution is 2.27. The highest BCUT2D eigenvalue weighted by molar-refractivity contribution is 5.66. The predicted molar refractivity (Wildman–Crippen MR) is 91.6 cm³/mol. The highest BCUT2D eigenvalue weighted by Gasteiger charge is 2.20. The van der Waals surface area contributed by atoms with Gasteiger partial charge in [-0.1, -0.05) is 12.1 Å². The number of allylic oxidation sites excluding steroid dienone is 2. The first-order valence-electron chi connectivity index (χ1n) is 7.69. The number of hydrogen-bond acceptors (Lipinski definition) is 4. The van der Waals surface area contributed by atoms with Crippen molar-refractivity contribution in [2.45, 2.75) is 20.0 Å². The lowest BCUT2D eigenvalue weighted by Gasteiger charge is -2.15. The van der Waals surface area contributed by atoms with E-state index in [1.54, 1.807) is 14.2 Å². The minimum absolute atomic E-state index is 0.198. The summed E-state index contributed by atoms with van der Waals surface area (Å²) in [5, 5.41) is 0. The molecule has 0 amide bonds. The lowest BCUT2D eigenvalue weighted by atomic mass is 10.0. The predicted octanol–water partition coefficient (Wildman–Crippen LogP) is 1.63. The molecule has 0 N–H and O–H groups in total. The zero-order valence-electron chi connectivity index (χ0n) is 14.3. The summed E-state index contributed by atoms with van der Waals surface area (Å²) < 4.78 is 13.7. The zero-order valence-corrected chi connectivity index (χ0v) is 14.3. The third-order valence-electron chi connectivity index (χ3n) is 4.41. The summed E-state index contributed by atoms with van der Waals surface area (Å²) in [6.45, 7) is 2.13. The van der Waals surface area contributed by atoms with E-state index >= 15 is 0 Å². The van der Waals surface area contributed by atoms with E-state index < -0.39 is 5.56 Å². The van der Waals surface area contributed by atoms with Crippen LogP contribution in [-0.4, -0.2) is 16.2 Å². The molecule has 0 bridgehead atoms. The largest absolute Gasteiger partial charge is 0.497 e. The fourth-order valence-corrected chi connectivity index (χ4v) is 2.96. The van der Waals surface area contributed by atoms with Crippen molar-refractivity contribution in [2.75, 3.05) is 7.11 Å². The first-order valence-corrected chi connectivity index (χ1v) is 7.69. The van der Waals surface area contributed by atoms with Gasteiger partial charge in [0.2, 0.25) is 5.75 Å². The van der Waals surface area contributed by atoms with Crippen molar-refractivity contribution in [3.63, 3.8) is 0 Å². The summed E-state index contributed by atoms with van der Waals surface area (Å²) in [7, 11) is 4.72. The van der Waals surface area contributed by atoms with Gasteiger partial charge in [-0.2, -0.15) is 0 Å². The number of nitrogens with zero attached hydrogens (tertiary/aromatic N) is 2. The third kappa shape index (κ3) is 2.54. The molecule has 0 radical (unpaired) electrons. The summed E-state index contributed by atoms with van der Waals surface area (Å²) in [4.78, 5) is 24.7. The number of ether oxygens (including phenoxy) is 2. The van der Waals surface area contributed by atoms with Gasteiger partial charge in [-0.05, 0) is 42.2 Å². The molecular formula is C18H20N2O4. The molecule has 126 valence electrons. The van der Waals surface area contributed by atoms with Gasteiger partial charge in [0, 0.05) is 14.1 Å². The number of rotatable bonds is 1. The highest BCUT2D eigenvalue weighted by atomic mass is 16.5. The molecule has 2 heterocycles. The SMILES string of the molecule is COc1ccc2c(c1)COc1c(n(C)c(=O)n(C)c1=O)/C(C)=C\C2. The van der Waals surface area contributed by atoms with Gasteiger partial charge in [0.15, 0.2) is 0 Å². The second kappa shape index (κ2) is 6.03. The van der Waals surface area contributed by atoms with Crippen LogP contribution in [-0.2, 0) is 27.1 Å². The van der Waals surface area contributed by atoms with Crippen molar-refractivity contribution < 1.29 is 9.47 Å². The topological polar surface area (TPSA) is 62.5 Å². The van der Waals surface area contributed by atoms with E-state index in [9.17, 15) is 9.59 Å². The van der Waals surface area contributed by atoms with Crippen LogP contribution in [0.5, 0.6) is 11.5 Å². The molecule has 24 heavy (non-hydrogen) atoms. The number of aromatic nitrogens is 2. The minimum atomic E-state index is -0.424. The fourth-order valence-electron chi connectivity index (χ4n) is 2.96. The van der Waals surface area contributed by atoms with E-state index in [-0.39, 0.29) is 18.0 Å². The average Bonchev–Trinajstić information content (AvgIpc) is 2.66. The summed E-state index contributed by atoms with van der Waals surface area (Å²) >= 11 is 0. The minimum Gasteiger partial charge on any atom is -0.497 e. The molecule has 1 aliphatic heterocycles. The molecule has 6 nitrogen and oxygen atoms in total.